The lowest BCUT2D eigenvalue weighted by Crippen LogP contribution is -2.39. The molecule has 0 atom stereocenters. The number of carbonyl (C=O) groups excluding carboxylic acids is 1. The molecule has 1 N–H and O–H groups in total. The number of hydrogen-bond acceptors (Lipinski definition) is 6. The molecule has 3 heterocycles. The lowest BCUT2D eigenvalue weighted by molar-refractivity contribution is -0.137. The van der Waals surface area contributed by atoms with Gasteiger partial charge in [0.1, 0.15) is 11.4 Å². The van der Waals surface area contributed by atoms with Crippen molar-refractivity contribution in [1.82, 2.24) is 14.9 Å². The standard InChI is InChI=1S/C26H25F3N4O4/c1-35-23-9-7-21(24(32-23)36-2)31-25(34)33-12-10-17(11-13-33)14-18-4-3-5-20(15-18)37-22-8-6-19(16-30-22)26(27,28)29/h3-9,14-16H,10-13H2,1-2H3,(H,31,34). The number of nitrogens with one attached hydrogen (secondary N) is 1. The van der Waals surface area contributed by atoms with Gasteiger partial charge in [-0.05, 0) is 42.7 Å². The average Bonchev–Trinajstić information content (AvgIpc) is 2.89. The Hall–Kier alpha value is -4.28. The molecule has 2 aromatic heterocycles. The first kappa shape index (κ1) is 25.8. The summed E-state index contributed by atoms with van der Waals surface area (Å²) in [5.41, 5.74) is 1.66. The fourth-order valence-electron chi connectivity index (χ4n) is 3.76. The number of urea groups is 1. The van der Waals surface area contributed by atoms with E-state index in [4.69, 9.17) is 14.2 Å². The minimum absolute atomic E-state index is 0.0702. The molecule has 0 aliphatic carbocycles. The highest BCUT2D eigenvalue weighted by Crippen LogP contribution is 2.31. The number of benzene rings is 1. The second-order valence-electron chi connectivity index (χ2n) is 8.19. The molecule has 3 aromatic rings. The van der Waals surface area contributed by atoms with Crippen LogP contribution in [0.1, 0.15) is 24.0 Å². The van der Waals surface area contributed by atoms with E-state index in [1.54, 1.807) is 35.2 Å². The average molecular weight is 515 g/mol. The lowest BCUT2D eigenvalue weighted by atomic mass is 10.0. The molecule has 1 fully saturated rings. The van der Waals surface area contributed by atoms with E-state index in [9.17, 15) is 18.0 Å². The van der Waals surface area contributed by atoms with Crippen LogP contribution >= 0.6 is 0 Å². The number of piperidine rings is 1. The van der Waals surface area contributed by atoms with Gasteiger partial charge in [0, 0.05) is 31.4 Å². The molecule has 8 nitrogen and oxygen atoms in total. The molecular formula is C26H25F3N4O4. The second kappa shape index (κ2) is 11.2. The molecule has 1 aliphatic rings. The van der Waals surface area contributed by atoms with Crippen molar-refractivity contribution in [1.29, 1.82) is 0 Å². The number of likely N-dealkylation sites (tertiary alicyclic amines) is 1. The minimum atomic E-state index is -4.45. The third-order valence-corrected chi connectivity index (χ3v) is 5.69. The number of aromatic nitrogens is 2. The molecular weight excluding hydrogens is 489 g/mol. The molecule has 0 unspecified atom stereocenters. The Balaban J connectivity index is 1.34. The SMILES string of the molecule is COc1ccc(NC(=O)N2CCC(=Cc3cccc(Oc4ccc(C(F)(F)F)cn4)c3)CC2)c(OC)n1. The van der Waals surface area contributed by atoms with Gasteiger partial charge in [0.15, 0.2) is 0 Å². The number of amides is 2. The summed E-state index contributed by atoms with van der Waals surface area (Å²) in [7, 11) is 2.97. The molecule has 194 valence electrons. The third-order valence-electron chi connectivity index (χ3n) is 5.69. The number of hydrogen-bond donors (Lipinski definition) is 1. The zero-order valence-electron chi connectivity index (χ0n) is 20.2. The molecule has 0 radical (unpaired) electrons. The van der Waals surface area contributed by atoms with Crippen LogP contribution in [0.5, 0.6) is 23.4 Å². The van der Waals surface area contributed by atoms with Crippen LogP contribution in [0.15, 0.2) is 60.3 Å². The van der Waals surface area contributed by atoms with Gasteiger partial charge in [-0.25, -0.2) is 9.78 Å². The molecule has 37 heavy (non-hydrogen) atoms. The van der Waals surface area contributed by atoms with Crippen molar-refractivity contribution in [2.24, 2.45) is 0 Å². The fraction of sp³-hybridized carbons (Fsp3) is 0.269. The van der Waals surface area contributed by atoms with Crippen LogP contribution in [0.3, 0.4) is 0 Å². The van der Waals surface area contributed by atoms with Crippen LogP contribution in [0, 0.1) is 0 Å². The van der Waals surface area contributed by atoms with Crippen molar-refractivity contribution >= 4 is 17.8 Å². The summed E-state index contributed by atoms with van der Waals surface area (Å²) in [6, 6.07) is 12.4. The first-order valence-corrected chi connectivity index (χ1v) is 11.4. The topological polar surface area (TPSA) is 85.8 Å². The molecule has 0 bridgehead atoms. The molecule has 0 spiro atoms. The van der Waals surface area contributed by atoms with Crippen molar-refractivity contribution in [3.05, 3.63) is 71.4 Å². The molecule has 1 aromatic carbocycles. The Morgan fingerprint density at radius 3 is 2.43 bits per heavy atom. The molecule has 0 saturated carbocycles. The van der Waals surface area contributed by atoms with Gasteiger partial charge in [-0.1, -0.05) is 23.8 Å². The summed E-state index contributed by atoms with van der Waals surface area (Å²) in [6.45, 7) is 1.07. The summed E-state index contributed by atoms with van der Waals surface area (Å²) in [4.78, 5) is 22.4. The minimum Gasteiger partial charge on any atom is -0.481 e. The van der Waals surface area contributed by atoms with E-state index in [2.05, 4.69) is 15.3 Å². The van der Waals surface area contributed by atoms with Gasteiger partial charge in [0.2, 0.25) is 17.6 Å². The van der Waals surface area contributed by atoms with Crippen molar-refractivity contribution < 1.29 is 32.2 Å². The quantitative estimate of drug-likeness (QED) is 0.433. The summed E-state index contributed by atoms with van der Waals surface area (Å²) >= 11 is 0. The highest BCUT2D eigenvalue weighted by Gasteiger charge is 2.30. The fourth-order valence-corrected chi connectivity index (χ4v) is 3.76. The van der Waals surface area contributed by atoms with Gasteiger partial charge in [-0.15, -0.1) is 0 Å². The van der Waals surface area contributed by atoms with Crippen LogP contribution in [0.4, 0.5) is 23.7 Å². The van der Waals surface area contributed by atoms with Crippen LogP contribution in [0.2, 0.25) is 0 Å². The van der Waals surface area contributed by atoms with Crippen molar-refractivity contribution in [3.8, 4) is 23.4 Å². The van der Waals surface area contributed by atoms with Crippen molar-refractivity contribution in [2.75, 3.05) is 32.6 Å². The predicted octanol–water partition coefficient (Wildman–Crippen LogP) is 6.02. The normalized spacial score (nSPS) is 13.6. The smallest absolute Gasteiger partial charge is 0.417 e. The highest BCUT2D eigenvalue weighted by atomic mass is 19.4. The van der Waals surface area contributed by atoms with E-state index in [1.807, 2.05) is 12.1 Å². The Bertz CT molecular complexity index is 1270. The van der Waals surface area contributed by atoms with Crippen LogP contribution < -0.4 is 19.5 Å². The first-order chi connectivity index (χ1) is 17.7. The van der Waals surface area contributed by atoms with E-state index >= 15 is 0 Å². The second-order valence-corrected chi connectivity index (χ2v) is 8.19. The van der Waals surface area contributed by atoms with Crippen LogP contribution in [-0.4, -0.2) is 48.2 Å². The third kappa shape index (κ3) is 6.69. The monoisotopic (exact) mass is 514 g/mol. The maximum absolute atomic E-state index is 12.7. The zero-order valence-corrected chi connectivity index (χ0v) is 20.2. The van der Waals surface area contributed by atoms with Gasteiger partial charge in [0.25, 0.3) is 0 Å². The number of halogens is 3. The summed E-state index contributed by atoms with van der Waals surface area (Å²) < 4.78 is 54.1. The first-order valence-electron chi connectivity index (χ1n) is 11.4. The zero-order chi connectivity index (χ0) is 26.4. The summed E-state index contributed by atoms with van der Waals surface area (Å²) in [5, 5.41) is 2.83. The highest BCUT2D eigenvalue weighted by molar-refractivity contribution is 5.90. The van der Waals surface area contributed by atoms with Gasteiger partial charge in [-0.2, -0.15) is 18.2 Å². The Morgan fingerprint density at radius 1 is 1.03 bits per heavy atom. The summed E-state index contributed by atoms with van der Waals surface area (Å²) in [6.07, 6.45) is -0.299. The van der Waals surface area contributed by atoms with Crippen LogP contribution in [-0.2, 0) is 6.18 Å². The predicted molar refractivity (Wildman–Crippen MR) is 131 cm³/mol. The molecule has 1 saturated heterocycles. The molecule has 11 heteroatoms. The van der Waals surface area contributed by atoms with Gasteiger partial charge in [-0.3, -0.25) is 0 Å². The number of rotatable bonds is 6. The maximum Gasteiger partial charge on any atom is 0.417 e. The summed E-state index contributed by atoms with van der Waals surface area (Å²) in [5.74, 6) is 1.17. The number of ether oxygens (including phenoxy) is 3. The number of anilines is 1. The lowest BCUT2D eigenvalue weighted by Gasteiger charge is -2.28. The number of pyridine rings is 2. The largest absolute Gasteiger partial charge is 0.481 e. The van der Waals surface area contributed by atoms with E-state index in [0.717, 1.165) is 23.4 Å². The number of methoxy groups -OCH3 is 2. The molecule has 1 aliphatic heterocycles. The van der Waals surface area contributed by atoms with Crippen molar-refractivity contribution in [3.63, 3.8) is 0 Å². The van der Waals surface area contributed by atoms with E-state index in [0.29, 0.717) is 43.2 Å². The Morgan fingerprint density at radius 2 is 1.78 bits per heavy atom. The van der Waals surface area contributed by atoms with E-state index < -0.39 is 11.7 Å². The van der Waals surface area contributed by atoms with Crippen LogP contribution in [0.25, 0.3) is 6.08 Å². The number of carbonyl (C=O) groups is 1. The molecule has 4 rings (SSSR count). The number of nitrogens with zero attached hydrogens (tertiary/aromatic N) is 3. The van der Waals surface area contributed by atoms with Gasteiger partial charge < -0.3 is 24.4 Å². The Kier molecular flexibility index (Phi) is 7.80. The number of alkyl halides is 3. The Labute approximate surface area is 211 Å². The van der Waals surface area contributed by atoms with Crippen molar-refractivity contribution in [2.45, 2.75) is 19.0 Å². The van der Waals surface area contributed by atoms with E-state index in [1.165, 1.54) is 20.3 Å². The van der Waals surface area contributed by atoms with E-state index in [-0.39, 0.29) is 17.8 Å². The maximum atomic E-state index is 12.7. The van der Waals surface area contributed by atoms with Gasteiger partial charge >= 0.3 is 12.2 Å². The molecule has 2 amide bonds. The van der Waals surface area contributed by atoms with Gasteiger partial charge in [0.05, 0.1) is 19.8 Å².